The van der Waals surface area contributed by atoms with E-state index in [2.05, 4.69) is 0 Å². The molecule has 0 unspecified atom stereocenters. The molecule has 0 radical (unpaired) electrons. The number of hydrogen-bond acceptors (Lipinski definition) is 4. The molecule has 0 aliphatic heterocycles. The predicted octanol–water partition coefficient (Wildman–Crippen LogP) is 2.49. The predicted molar refractivity (Wildman–Crippen MR) is 60.0 cm³/mol. The summed E-state index contributed by atoms with van der Waals surface area (Å²) in [6.45, 7) is 0. The monoisotopic (exact) mass is 223 g/mol. The lowest BCUT2D eigenvalue weighted by Crippen LogP contribution is -1.92. The topological polar surface area (TPSA) is 90.7 Å². The number of nitro groups is 1. The molecule has 0 fully saturated rings. The van der Waals surface area contributed by atoms with E-state index in [1.165, 1.54) is 24.3 Å². The molecule has 0 atom stereocenters. The SMILES string of the molecule is N#Cc1ccc2c([N+](=O)[O-])cccc2c1C#N. The molecule has 0 aromatic heterocycles. The number of non-ortho nitro benzene ring substituents is 1. The average molecular weight is 223 g/mol. The van der Waals surface area contributed by atoms with Crippen molar-refractivity contribution in [1.29, 1.82) is 10.5 Å². The standard InChI is InChI=1S/C12H5N3O2/c13-6-8-4-5-10-9(11(8)7-14)2-1-3-12(10)15(16)17/h1-5H. The van der Waals surface area contributed by atoms with E-state index in [1.54, 1.807) is 6.07 Å². The Balaban J connectivity index is 2.95. The van der Waals surface area contributed by atoms with E-state index in [9.17, 15) is 10.1 Å². The van der Waals surface area contributed by atoms with Crippen molar-refractivity contribution in [3.8, 4) is 12.1 Å². The largest absolute Gasteiger partial charge is 0.277 e. The molecule has 0 heterocycles. The van der Waals surface area contributed by atoms with Crippen molar-refractivity contribution in [2.75, 3.05) is 0 Å². The van der Waals surface area contributed by atoms with Crippen molar-refractivity contribution in [3.63, 3.8) is 0 Å². The molecule has 80 valence electrons. The highest BCUT2D eigenvalue weighted by Crippen LogP contribution is 2.29. The van der Waals surface area contributed by atoms with Crippen molar-refractivity contribution in [2.45, 2.75) is 0 Å². The Morgan fingerprint density at radius 2 is 1.82 bits per heavy atom. The molecule has 5 heteroatoms. The summed E-state index contributed by atoms with van der Waals surface area (Å²) in [5, 5.41) is 29.5. The first kappa shape index (κ1) is 10.6. The fourth-order valence-corrected chi connectivity index (χ4v) is 1.71. The molecule has 2 aromatic carbocycles. The van der Waals surface area contributed by atoms with Gasteiger partial charge in [0, 0.05) is 11.5 Å². The third-order valence-corrected chi connectivity index (χ3v) is 2.47. The molecular weight excluding hydrogens is 218 g/mol. The second kappa shape index (κ2) is 3.92. The van der Waals surface area contributed by atoms with Crippen LogP contribution in [0.1, 0.15) is 11.1 Å². The average Bonchev–Trinajstić information content (AvgIpc) is 2.36. The summed E-state index contributed by atoms with van der Waals surface area (Å²) in [6, 6.07) is 11.2. The van der Waals surface area contributed by atoms with Crippen LogP contribution in [0.2, 0.25) is 0 Å². The lowest BCUT2D eigenvalue weighted by atomic mass is 9.99. The van der Waals surface area contributed by atoms with Gasteiger partial charge in [0.15, 0.2) is 0 Å². The Kier molecular flexibility index (Phi) is 2.44. The van der Waals surface area contributed by atoms with E-state index >= 15 is 0 Å². The van der Waals surface area contributed by atoms with E-state index in [0.717, 1.165) is 0 Å². The van der Waals surface area contributed by atoms with Crippen LogP contribution in [0.25, 0.3) is 10.8 Å². The Morgan fingerprint density at radius 1 is 1.06 bits per heavy atom. The normalized spacial score (nSPS) is 9.53. The van der Waals surface area contributed by atoms with Gasteiger partial charge in [-0.2, -0.15) is 10.5 Å². The second-order valence-corrected chi connectivity index (χ2v) is 3.34. The van der Waals surface area contributed by atoms with E-state index in [0.29, 0.717) is 10.8 Å². The summed E-state index contributed by atoms with van der Waals surface area (Å²) < 4.78 is 0. The van der Waals surface area contributed by atoms with Gasteiger partial charge in [-0.15, -0.1) is 0 Å². The van der Waals surface area contributed by atoms with Crippen LogP contribution in [-0.4, -0.2) is 4.92 Å². The first-order chi connectivity index (χ1) is 8.19. The summed E-state index contributed by atoms with van der Waals surface area (Å²) in [5.41, 5.74) is 0.331. The van der Waals surface area contributed by atoms with Crippen molar-refractivity contribution < 1.29 is 4.92 Å². The third kappa shape index (κ3) is 1.56. The molecule has 0 amide bonds. The molecule has 0 aliphatic carbocycles. The highest BCUT2D eigenvalue weighted by Gasteiger charge is 2.15. The van der Waals surface area contributed by atoms with Gasteiger partial charge in [-0.1, -0.05) is 12.1 Å². The van der Waals surface area contributed by atoms with Crippen LogP contribution in [0.3, 0.4) is 0 Å². The molecule has 2 rings (SSSR count). The smallest absolute Gasteiger partial charge is 0.258 e. The zero-order valence-corrected chi connectivity index (χ0v) is 8.54. The molecule has 0 saturated heterocycles. The van der Waals surface area contributed by atoms with Crippen LogP contribution in [0, 0.1) is 32.8 Å². The summed E-state index contributed by atoms with van der Waals surface area (Å²) >= 11 is 0. The molecule has 0 bridgehead atoms. The van der Waals surface area contributed by atoms with Gasteiger partial charge in [0.25, 0.3) is 5.69 Å². The van der Waals surface area contributed by atoms with E-state index in [4.69, 9.17) is 10.5 Å². The molecule has 0 spiro atoms. The minimum Gasteiger partial charge on any atom is -0.258 e. The number of nitrogens with zero attached hydrogens (tertiary/aromatic N) is 3. The Hall–Kier alpha value is -2.92. The Morgan fingerprint density at radius 3 is 2.41 bits per heavy atom. The van der Waals surface area contributed by atoms with Gasteiger partial charge in [0.05, 0.1) is 21.4 Å². The number of hydrogen-bond donors (Lipinski definition) is 0. The molecule has 17 heavy (non-hydrogen) atoms. The molecule has 5 nitrogen and oxygen atoms in total. The molecular formula is C12H5N3O2. The van der Waals surface area contributed by atoms with Crippen molar-refractivity contribution in [2.24, 2.45) is 0 Å². The van der Waals surface area contributed by atoms with Gasteiger partial charge in [0.1, 0.15) is 12.1 Å². The van der Waals surface area contributed by atoms with Crippen LogP contribution in [0.4, 0.5) is 5.69 Å². The van der Waals surface area contributed by atoms with E-state index in [1.807, 2.05) is 12.1 Å². The van der Waals surface area contributed by atoms with E-state index in [-0.39, 0.29) is 16.8 Å². The van der Waals surface area contributed by atoms with Gasteiger partial charge in [-0.25, -0.2) is 0 Å². The Labute approximate surface area is 96.3 Å². The van der Waals surface area contributed by atoms with Crippen LogP contribution >= 0.6 is 0 Å². The number of fused-ring (bicyclic) bond motifs is 1. The third-order valence-electron chi connectivity index (χ3n) is 2.47. The Bertz CT molecular complexity index is 708. The lowest BCUT2D eigenvalue weighted by Gasteiger charge is -2.02. The van der Waals surface area contributed by atoms with Crippen LogP contribution < -0.4 is 0 Å². The number of rotatable bonds is 1. The molecule has 0 N–H and O–H groups in total. The number of nitriles is 2. The highest BCUT2D eigenvalue weighted by molar-refractivity contribution is 5.96. The van der Waals surface area contributed by atoms with Gasteiger partial charge in [0.2, 0.25) is 0 Å². The maximum atomic E-state index is 10.8. The second-order valence-electron chi connectivity index (χ2n) is 3.34. The zero-order chi connectivity index (χ0) is 12.4. The quantitative estimate of drug-likeness (QED) is 0.548. The van der Waals surface area contributed by atoms with Crippen LogP contribution in [0.15, 0.2) is 30.3 Å². The highest BCUT2D eigenvalue weighted by atomic mass is 16.6. The number of benzene rings is 2. The molecule has 0 saturated carbocycles. The minimum absolute atomic E-state index is 0.0662. The van der Waals surface area contributed by atoms with Gasteiger partial charge < -0.3 is 0 Å². The van der Waals surface area contributed by atoms with Crippen LogP contribution in [0.5, 0.6) is 0 Å². The van der Waals surface area contributed by atoms with E-state index < -0.39 is 4.92 Å². The summed E-state index contributed by atoms with van der Waals surface area (Å²) in [7, 11) is 0. The minimum atomic E-state index is -0.504. The van der Waals surface area contributed by atoms with Crippen molar-refractivity contribution >= 4 is 16.5 Å². The van der Waals surface area contributed by atoms with Gasteiger partial charge >= 0.3 is 0 Å². The fourth-order valence-electron chi connectivity index (χ4n) is 1.71. The number of nitro benzene ring substituents is 1. The molecule has 0 aliphatic rings. The summed E-state index contributed by atoms with van der Waals surface area (Å²) in [4.78, 5) is 10.3. The summed E-state index contributed by atoms with van der Waals surface area (Å²) in [5.74, 6) is 0. The zero-order valence-electron chi connectivity index (χ0n) is 8.54. The first-order valence-corrected chi connectivity index (χ1v) is 4.69. The maximum Gasteiger partial charge on any atom is 0.277 e. The van der Waals surface area contributed by atoms with Gasteiger partial charge in [-0.3, -0.25) is 10.1 Å². The fraction of sp³-hybridized carbons (Fsp3) is 0. The van der Waals surface area contributed by atoms with Crippen LogP contribution in [-0.2, 0) is 0 Å². The van der Waals surface area contributed by atoms with Crippen molar-refractivity contribution in [3.05, 3.63) is 51.6 Å². The van der Waals surface area contributed by atoms with Crippen molar-refractivity contribution in [1.82, 2.24) is 0 Å². The van der Waals surface area contributed by atoms with Gasteiger partial charge in [-0.05, 0) is 12.1 Å². The summed E-state index contributed by atoms with van der Waals surface area (Å²) in [6.07, 6.45) is 0. The maximum absolute atomic E-state index is 10.8. The first-order valence-electron chi connectivity index (χ1n) is 4.69. The lowest BCUT2D eigenvalue weighted by molar-refractivity contribution is -0.383. The molecule has 2 aromatic rings.